The number of nitrogens with zero attached hydrogens (tertiary/aromatic N) is 4. The molecule has 0 radical (unpaired) electrons. The van der Waals surface area contributed by atoms with Crippen LogP contribution in [0.1, 0.15) is 18.4 Å². The number of benzene rings is 1. The maximum absolute atomic E-state index is 12.5. The molecule has 3 aliphatic rings. The third kappa shape index (κ3) is 5.64. The summed E-state index contributed by atoms with van der Waals surface area (Å²) in [6, 6.07) is 17.6. The number of rotatable bonds is 8. The fourth-order valence-corrected chi connectivity index (χ4v) is 5.01. The van der Waals surface area contributed by atoms with Gasteiger partial charge in [-0.05, 0) is 55.3 Å². The van der Waals surface area contributed by atoms with Gasteiger partial charge in [0.1, 0.15) is 17.7 Å². The van der Waals surface area contributed by atoms with Gasteiger partial charge in [0.25, 0.3) is 5.91 Å². The normalized spacial score (nSPS) is 20.4. The minimum absolute atomic E-state index is 0.0479. The van der Waals surface area contributed by atoms with E-state index in [2.05, 4.69) is 32.7 Å². The summed E-state index contributed by atoms with van der Waals surface area (Å²) in [6.45, 7) is 3.10. The third-order valence-corrected chi connectivity index (χ3v) is 7.03. The number of aliphatic hydroxyl groups is 1. The van der Waals surface area contributed by atoms with Gasteiger partial charge in [-0.3, -0.25) is 9.69 Å². The zero-order valence-corrected chi connectivity index (χ0v) is 21.4. The van der Waals surface area contributed by atoms with Crippen molar-refractivity contribution >= 4 is 29.5 Å². The molecule has 1 aromatic carbocycles. The molecule has 6 rings (SSSR count). The van der Waals surface area contributed by atoms with Crippen molar-refractivity contribution in [2.45, 2.75) is 31.6 Å². The van der Waals surface area contributed by atoms with Gasteiger partial charge < -0.3 is 30.1 Å². The number of cyclic esters (lactones) is 1. The van der Waals surface area contributed by atoms with E-state index in [9.17, 15) is 14.7 Å². The van der Waals surface area contributed by atoms with Crippen LogP contribution < -0.4 is 25.2 Å². The maximum atomic E-state index is 12.5. The highest BCUT2D eigenvalue weighted by Gasteiger charge is 2.33. The number of pyridine rings is 2. The van der Waals surface area contributed by atoms with Crippen LogP contribution >= 0.6 is 0 Å². The Morgan fingerprint density at radius 3 is 2.82 bits per heavy atom. The van der Waals surface area contributed by atoms with Gasteiger partial charge in [0.2, 0.25) is 0 Å². The quantitative estimate of drug-likeness (QED) is 0.376. The van der Waals surface area contributed by atoms with Gasteiger partial charge in [-0.1, -0.05) is 24.3 Å². The Morgan fingerprint density at radius 1 is 1.05 bits per heavy atom. The van der Waals surface area contributed by atoms with Crippen molar-refractivity contribution in [3.05, 3.63) is 60.2 Å². The van der Waals surface area contributed by atoms with Crippen LogP contribution in [0.2, 0.25) is 0 Å². The molecule has 0 unspecified atom stereocenters. The molecule has 11 nitrogen and oxygen atoms in total. The van der Waals surface area contributed by atoms with Crippen molar-refractivity contribution in [2.24, 2.45) is 0 Å². The smallest absolute Gasteiger partial charge is 0.415 e. The largest absolute Gasteiger partial charge is 0.480 e. The molecule has 2 atom stereocenters. The highest BCUT2D eigenvalue weighted by molar-refractivity contribution is 5.95. The topological polar surface area (TPSA) is 129 Å². The monoisotopic (exact) mass is 530 g/mol. The standard InChI is InChI=1S/C28H30N6O5/c35-20-10-12-33(15-20)24-6-2-5-22(30-24)19-4-1-3-18(13-19)14-29-11-9-21-16-34(28(37)39-21)25-8-7-23-27(31-25)32-26(36)17-38-23/h1-8,13,20-21,29,35H,9-12,14-17H2,(H,31,32,36)/t20-,21-/m0/s1. The van der Waals surface area contributed by atoms with E-state index in [1.807, 2.05) is 30.3 Å². The lowest BCUT2D eigenvalue weighted by Crippen LogP contribution is -2.29. The minimum Gasteiger partial charge on any atom is -0.480 e. The third-order valence-electron chi connectivity index (χ3n) is 7.03. The van der Waals surface area contributed by atoms with Crippen LogP contribution in [0.15, 0.2) is 54.6 Å². The van der Waals surface area contributed by atoms with Crippen LogP contribution in [0, 0.1) is 0 Å². The van der Waals surface area contributed by atoms with E-state index in [4.69, 9.17) is 14.5 Å². The van der Waals surface area contributed by atoms with E-state index >= 15 is 0 Å². The van der Waals surface area contributed by atoms with Gasteiger partial charge in [0.05, 0.1) is 18.3 Å². The van der Waals surface area contributed by atoms with Crippen LogP contribution in [-0.4, -0.2) is 72.1 Å². The summed E-state index contributed by atoms with van der Waals surface area (Å²) in [5.41, 5.74) is 3.06. The molecule has 3 N–H and O–H groups in total. The van der Waals surface area contributed by atoms with Crippen molar-refractivity contribution in [1.29, 1.82) is 0 Å². The number of β-amino-alcohol motifs (C(OH)–C–C–N with tert-alkyl or cyclic N) is 1. The molecule has 0 aliphatic carbocycles. The van der Waals surface area contributed by atoms with Gasteiger partial charge in [0, 0.05) is 25.2 Å². The number of aromatic nitrogens is 2. The highest BCUT2D eigenvalue weighted by atomic mass is 16.6. The summed E-state index contributed by atoms with van der Waals surface area (Å²) in [7, 11) is 0. The maximum Gasteiger partial charge on any atom is 0.415 e. The zero-order chi connectivity index (χ0) is 26.8. The van der Waals surface area contributed by atoms with Crippen LogP contribution in [0.25, 0.3) is 11.3 Å². The van der Waals surface area contributed by atoms with Crippen molar-refractivity contribution in [3.8, 4) is 17.0 Å². The summed E-state index contributed by atoms with van der Waals surface area (Å²) in [4.78, 5) is 36.8. The zero-order valence-electron chi connectivity index (χ0n) is 21.4. The molecule has 0 bridgehead atoms. The lowest BCUT2D eigenvalue weighted by Gasteiger charge is -2.19. The van der Waals surface area contributed by atoms with Gasteiger partial charge in [-0.25, -0.2) is 14.8 Å². The molecule has 3 aliphatic heterocycles. The first-order valence-electron chi connectivity index (χ1n) is 13.1. The number of carbonyl (C=O) groups excluding carboxylic acids is 2. The van der Waals surface area contributed by atoms with Crippen molar-refractivity contribution in [3.63, 3.8) is 0 Å². The first kappa shape index (κ1) is 25.1. The van der Waals surface area contributed by atoms with Gasteiger partial charge in [-0.15, -0.1) is 0 Å². The van der Waals surface area contributed by atoms with Gasteiger partial charge in [0.15, 0.2) is 18.2 Å². The number of nitrogens with one attached hydrogen (secondary N) is 2. The van der Waals surface area contributed by atoms with E-state index in [-0.39, 0.29) is 24.7 Å². The molecule has 11 heteroatoms. The Labute approximate surface area is 225 Å². The molecule has 39 heavy (non-hydrogen) atoms. The summed E-state index contributed by atoms with van der Waals surface area (Å²) < 4.78 is 10.9. The number of hydrogen-bond acceptors (Lipinski definition) is 9. The van der Waals surface area contributed by atoms with Gasteiger partial charge >= 0.3 is 6.09 Å². The van der Waals surface area contributed by atoms with E-state index in [1.165, 1.54) is 4.90 Å². The molecule has 5 heterocycles. The van der Waals surface area contributed by atoms with Gasteiger partial charge in [-0.2, -0.15) is 0 Å². The lowest BCUT2D eigenvalue weighted by atomic mass is 10.1. The van der Waals surface area contributed by atoms with E-state index < -0.39 is 6.09 Å². The number of anilines is 3. The van der Waals surface area contributed by atoms with Crippen molar-refractivity contribution in [1.82, 2.24) is 15.3 Å². The fraction of sp³-hybridized carbons (Fsp3) is 0.357. The molecule has 2 saturated heterocycles. The Bertz CT molecular complexity index is 1380. The van der Waals surface area contributed by atoms with Crippen LogP contribution in [0.4, 0.5) is 22.2 Å². The SMILES string of the molecule is O=C1COc2ccc(N3C[C@H](CCNCc4cccc(-c5cccc(N6CC[C@H](O)C6)n5)c4)OC3=O)nc2N1. The predicted octanol–water partition coefficient (Wildman–Crippen LogP) is 2.55. The Kier molecular flexibility index (Phi) is 6.99. The first-order chi connectivity index (χ1) is 19.0. The summed E-state index contributed by atoms with van der Waals surface area (Å²) in [5.74, 6) is 1.80. The fourth-order valence-electron chi connectivity index (χ4n) is 5.01. The van der Waals surface area contributed by atoms with Crippen LogP contribution in [-0.2, 0) is 16.1 Å². The molecule has 0 spiro atoms. The first-order valence-corrected chi connectivity index (χ1v) is 13.1. The average Bonchev–Trinajstić information content (AvgIpc) is 3.56. The average molecular weight is 531 g/mol. The number of ether oxygens (including phenoxy) is 2. The number of fused-ring (bicyclic) bond motifs is 1. The molecule has 2 aromatic heterocycles. The lowest BCUT2D eigenvalue weighted by molar-refractivity contribution is -0.118. The van der Waals surface area contributed by atoms with Crippen molar-refractivity contribution < 1.29 is 24.2 Å². The molecular formula is C28H30N6O5. The van der Waals surface area contributed by atoms with Crippen LogP contribution in [0.3, 0.4) is 0 Å². The Hall–Kier alpha value is -4.22. The molecule has 2 fully saturated rings. The number of carbonyl (C=O) groups is 2. The predicted molar refractivity (Wildman–Crippen MR) is 145 cm³/mol. The van der Waals surface area contributed by atoms with E-state index in [1.54, 1.807) is 12.1 Å². The molecule has 3 aromatic rings. The Morgan fingerprint density at radius 2 is 1.95 bits per heavy atom. The molecule has 0 saturated carbocycles. The Balaban J connectivity index is 1.01. The summed E-state index contributed by atoms with van der Waals surface area (Å²) >= 11 is 0. The number of aliphatic hydroxyl groups excluding tert-OH is 1. The molecule has 2 amide bonds. The highest BCUT2D eigenvalue weighted by Crippen LogP contribution is 2.30. The second-order valence-corrected chi connectivity index (χ2v) is 9.90. The molecular weight excluding hydrogens is 500 g/mol. The molecule has 202 valence electrons. The summed E-state index contributed by atoms with van der Waals surface area (Å²) in [5, 5.41) is 16.0. The van der Waals surface area contributed by atoms with Crippen LogP contribution in [0.5, 0.6) is 5.75 Å². The number of hydrogen-bond donors (Lipinski definition) is 3. The minimum atomic E-state index is -0.457. The number of amides is 2. The second kappa shape index (κ2) is 10.9. The van der Waals surface area contributed by atoms with Crippen molar-refractivity contribution in [2.75, 3.05) is 47.9 Å². The summed E-state index contributed by atoms with van der Waals surface area (Å²) in [6.07, 6.45) is 0.404. The second-order valence-electron chi connectivity index (χ2n) is 9.90. The van der Waals surface area contributed by atoms with E-state index in [0.717, 1.165) is 35.6 Å². The van der Waals surface area contributed by atoms with E-state index in [0.29, 0.717) is 50.0 Å².